The number of aryl methyl sites for hydroxylation is 1. The minimum absolute atomic E-state index is 0.254. The highest BCUT2D eigenvalue weighted by atomic mass is 19.1. The molecule has 1 heterocycles. The highest BCUT2D eigenvalue weighted by molar-refractivity contribution is 5.63. The molecule has 0 saturated heterocycles. The Morgan fingerprint density at radius 3 is 2.87 bits per heavy atom. The summed E-state index contributed by atoms with van der Waals surface area (Å²) < 4.78 is 18.1. The van der Waals surface area contributed by atoms with Crippen LogP contribution in [0.25, 0.3) is 11.3 Å². The highest BCUT2D eigenvalue weighted by Crippen LogP contribution is 2.25. The molecule has 3 heteroatoms. The molecule has 2 aromatic rings. The van der Waals surface area contributed by atoms with E-state index >= 15 is 0 Å². The van der Waals surface area contributed by atoms with E-state index in [1.165, 1.54) is 12.1 Å². The van der Waals surface area contributed by atoms with Crippen molar-refractivity contribution in [3.05, 3.63) is 41.4 Å². The lowest BCUT2D eigenvalue weighted by atomic mass is 10.0. The predicted octanol–water partition coefficient (Wildman–Crippen LogP) is 3.35. The maximum atomic E-state index is 13.0. The third kappa shape index (κ3) is 1.77. The Balaban J connectivity index is 2.54. The molecular formula is C12H12FNO. The molecule has 0 radical (unpaired) electrons. The van der Waals surface area contributed by atoms with E-state index in [1.807, 2.05) is 19.9 Å². The molecule has 0 N–H and O–H groups in total. The summed E-state index contributed by atoms with van der Waals surface area (Å²) in [5.74, 6) is 0.548. The Hall–Kier alpha value is -1.64. The number of benzene rings is 1. The fourth-order valence-electron chi connectivity index (χ4n) is 1.67. The summed E-state index contributed by atoms with van der Waals surface area (Å²) in [5, 5.41) is 3.96. The molecule has 15 heavy (non-hydrogen) atoms. The van der Waals surface area contributed by atoms with Crippen molar-refractivity contribution in [1.29, 1.82) is 0 Å². The van der Waals surface area contributed by atoms with Crippen LogP contribution in [0.4, 0.5) is 4.39 Å². The van der Waals surface area contributed by atoms with E-state index in [4.69, 9.17) is 4.52 Å². The van der Waals surface area contributed by atoms with Crippen molar-refractivity contribution in [1.82, 2.24) is 5.16 Å². The van der Waals surface area contributed by atoms with Crippen LogP contribution in [0.3, 0.4) is 0 Å². The van der Waals surface area contributed by atoms with Crippen molar-refractivity contribution in [2.75, 3.05) is 0 Å². The summed E-state index contributed by atoms with van der Waals surface area (Å²) in [7, 11) is 0. The summed E-state index contributed by atoms with van der Waals surface area (Å²) in [6.07, 6.45) is 0.835. The summed E-state index contributed by atoms with van der Waals surface area (Å²) in [5.41, 5.74) is 2.55. The van der Waals surface area contributed by atoms with Crippen LogP contribution in [0.5, 0.6) is 0 Å². The van der Waals surface area contributed by atoms with Crippen LogP contribution >= 0.6 is 0 Å². The van der Waals surface area contributed by atoms with Crippen molar-refractivity contribution in [2.45, 2.75) is 20.3 Å². The first-order valence-electron chi connectivity index (χ1n) is 4.93. The zero-order chi connectivity index (χ0) is 10.8. The van der Waals surface area contributed by atoms with E-state index in [1.54, 1.807) is 6.07 Å². The fraction of sp³-hybridized carbons (Fsp3) is 0.250. The summed E-state index contributed by atoms with van der Waals surface area (Å²) in [4.78, 5) is 0. The van der Waals surface area contributed by atoms with Crippen molar-refractivity contribution in [3.63, 3.8) is 0 Å². The zero-order valence-corrected chi connectivity index (χ0v) is 8.75. The van der Waals surface area contributed by atoms with Crippen molar-refractivity contribution in [2.24, 2.45) is 0 Å². The molecule has 2 rings (SSSR count). The van der Waals surface area contributed by atoms with Gasteiger partial charge in [-0.3, -0.25) is 0 Å². The van der Waals surface area contributed by atoms with E-state index in [9.17, 15) is 4.39 Å². The van der Waals surface area contributed by atoms with Gasteiger partial charge in [-0.1, -0.05) is 24.2 Å². The second kappa shape index (κ2) is 3.85. The highest BCUT2D eigenvalue weighted by Gasteiger charge is 2.12. The molecule has 2 nitrogen and oxygen atoms in total. The third-order valence-electron chi connectivity index (χ3n) is 2.44. The average molecular weight is 205 g/mol. The average Bonchev–Trinajstić information content (AvgIpc) is 2.59. The Morgan fingerprint density at radius 1 is 1.40 bits per heavy atom. The first kappa shape index (κ1) is 9.90. The Morgan fingerprint density at radius 2 is 2.20 bits per heavy atom. The maximum absolute atomic E-state index is 13.0. The molecule has 0 aliphatic carbocycles. The molecule has 0 spiro atoms. The van der Waals surface area contributed by atoms with Crippen molar-refractivity contribution < 1.29 is 8.91 Å². The quantitative estimate of drug-likeness (QED) is 0.751. The second-order valence-corrected chi connectivity index (χ2v) is 3.43. The topological polar surface area (TPSA) is 26.0 Å². The first-order chi connectivity index (χ1) is 7.22. The van der Waals surface area contributed by atoms with Crippen LogP contribution in [-0.4, -0.2) is 5.16 Å². The molecule has 1 aromatic carbocycles. The van der Waals surface area contributed by atoms with Gasteiger partial charge in [0.25, 0.3) is 0 Å². The molecule has 0 atom stereocenters. The maximum Gasteiger partial charge on any atom is 0.137 e. The van der Waals surface area contributed by atoms with Gasteiger partial charge in [0.05, 0.1) is 0 Å². The lowest BCUT2D eigenvalue weighted by molar-refractivity contribution is 0.398. The SMILES string of the molecule is CCc1c(-c2cccc(F)c2)noc1C. The summed E-state index contributed by atoms with van der Waals surface area (Å²) in [6, 6.07) is 6.40. The number of hydrogen-bond acceptors (Lipinski definition) is 2. The molecule has 0 saturated carbocycles. The van der Waals surface area contributed by atoms with Crippen molar-refractivity contribution in [3.8, 4) is 11.3 Å². The predicted molar refractivity (Wildman–Crippen MR) is 56.0 cm³/mol. The van der Waals surface area contributed by atoms with Crippen LogP contribution in [0, 0.1) is 12.7 Å². The Kier molecular flexibility index (Phi) is 2.54. The monoisotopic (exact) mass is 205 g/mol. The molecular weight excluding hydrogens is 193 g/mol. The van der Waals surface area contributed by atoms with Gasteiger partial charge in [-0.05, 0) is 25.5 Å². The number of aromatic nitrogens is 1. The normalized spacial score (nSPS) is 10.6. The van der Waals surface area contributed by atoms with E-state index < -0.39 is 0 Å². The second-order valence-electron chi connectivity index (χ2n) is 3.43. The first-order valence-corrected chi connectivity index (χ1v) is 4.93. The number of rotatable bonds is 2. The molecule has 0 aliphatic rings. The number of halogens is 1. The number of hydrogen-bond donors (Lipinski definition) is 0. The Labute approximate surface area is 87.7 Å². The van der Waals surface area contributed by atoms with Gasteiger partial charge in [0.1, 0.15) is 17.3 Å². The lowest BCUT2D eigenvalue weighted by Crippen LogP contribution is -1.86. The molecule has 0 amide bonds. The van der Waals surface area contributed by atoms with E-state index in [0.29, 0.717) is 0 Å². The van der Waals surface area contributed by atoms with Gasteiger partial charge in [-0.2, -0.15) is 0 Å². The molecule has 78 valence electrons. The summed E-state index contributed by atoms with van der Waals surface area (Å²) in [6.45, 7) is 3.90. The van der Waals surface area contributed by atoms with Gasteiger partial charge in [-0.25, -0.2) is 4.39 Å². The molecule has 0 unspecified atom stereocenters. The van der Waals surface area contributed by atoms with Gasteiger partial charge >= 0.3 is 0 Å². The Bertz CT molecular complexity index is 476. The standard InChI is InChI=1S/C12H12FNO/c1-3-11-8(2)15-14-12(11)9-5-4-6-10(13)7-9/h4-7H,3H2,1-2H3. The van der Waals surface area contributed by atoms with Gasteiger partial charge in [0.2, 0.25) is 0 Å². The van der Waals surface area contributed by atoms with Crippen LogP contribution in [0.2, 0.25) is 0 Å². The molecule has 0 bridgehead atoms. The van der Waals surface area contributed by atoms with Crippen molar-refractivity contribution >= 4 is 0 Å². The number of nitrogens with zero attached hydrogens (tertiary/aromatic N) is 1. The third-order valence-corrected chi connectivity index (χ3v) is 2.44. The largest absolute Gasteiger partial charge is 0.361 e. The fourth-order valence-corrected chi connectivity index (χ4v) is 1.67. The zero-order valence-electron chi connectivity index (χ0n) is 8.75. The van der Waals surface area contributed by atoms with Crippen LogP contribution in [0.15, 0.2) is 28.8 Å². The minimum atomic E-state index is -0.254. The lowest BCUT2D eigenvalue weighted by Gasteiger charge is -1.99. The molecule has 0 aliphatic heterocycles. The minimum Gasteiger partial charge on any atom is -0.361 e. The summed E-state index contributed by atoms with van der Waals surface area (Å²) >= 11 is 0. The molecule has 1 aromatic heterocycles. The van der Waals surface area contributed by atoms with Crippen LogP contribution in [-0.2, 0) is 6.42 Å². The molecule has 0 fully saturated rings. The van der Waals surface area contributed by atoms with E-state index in [2.05, 4.69) is 5.16 Å². The van der Waals surface area contributed by atoms with Gasteiger partial charge < -0.3 is 4.52 Å². The van der Waals surface area contributed by atoms with E-state index in [0.717, 1.165) is 29.0 Å². The van der Waals surface area contributed by atoms with Gasteiger partial charge in [-0.15, -0.1) is 0 Å². The van der Waals surface area contributed by atoms with Crippen LogP contribution in [0.1, 0.15) is 18.2 Å². The van der Waals surface area contributed by atoms with Gasteiger partial charge in [0, 0.05) is 11.1 Å². The van der Waals surface area contributed by atoms with Gasteiger partial charge in [0.15, 0.2) is 0 Å². The van der Waals surface area contributed by atoms with E-state index in [-0.39, 0.29) is 5.82 Å². The smallest absolute Gasteiger partial charge is 0.137 e. The van der Waals surface area contributed by atoms with Crippen LogP contribution < -0.4 is 0 Å².